The first-order chi connectivity index (χ1) is 11.9. The zero-order valence-electron chi connectivity index (χ0n) is 13.3. The molecule has 25 heavy (non-hydrogen) atoms. The van der Waals surface area contributed by atoms with Crippen LogP contribution < -0.4 is 0 Å². The number of aromatic nitrogens is 2. The molecule has 0 amide bonds. The van der Waals surface area contributed by atoms with Gasteiger partial charge in [-0.05, 0) is 18.2 Å². The molecule has 0 unspecified atom stereocenters. The fourth-order valence-corrected chi connectivity index (χ4v) is 2.94. The molecule has 132 valence electrons. The summed E-state index contributed by atoms with van der Waals surface area (Å²) in [5.74, 6) is -1.73. The first-order valence-electron chi connectivity index (χ1n) is 7.46. The molecule has 0 radical (unpaired) electrons. The Bertz CT molecular complexity index is 831. The van der Waals surface area contributed by atoms with Crippen molar-refractivity contribution in [3.8, 4) is 5.69 Å². The molecule has 2 aromatic rings. The third-order valence-electron chi connectivity index (χ3n) is 4.04. The van der Waals surface area contributed by atoms with Crippen molar-refractivity contribution in [2.24, 2.45) is 5.92 Å². The molecular formula is C16H15Cl2N3O4. The van der Waals surface area contributed by atoms with Gasteiger partial charge in [0.25, 0.3) is 0 Å². The standard InChI is InChI=1S/C16H15Cl2N3O4/c1-25-16(24)14-9(5-20-6-10(7-20)15(22)23)8-21(19-14)11-2-3-12(17)13(18)4-11/h2-4,8,10H,5-7H2,1H3,(H,22,23). The monoisotopic (exact) mass is 383 g/mol. The van der Waals surface area contributed by atoms with Gasteiger partial charge in [-0.15, -0.1) is 0 Å². The van der Waals surface area contributed by atoms with E-state index in [9.17, 15) is 9.59 Å². The van der Waals surface area contributed by atoms with Crippen molar-refractivity contribution in [2.75, 3.05) is 20.2 Å². The number of carboxylic acid groups (broad SMARTS) is 1. The van der Waals surface area contributed by atoms with Gasteiger partial charge in [0, 0.05) is 31.4 Å². The Kier molecular flexibility index (Phi) is 4.99. The van der Waals surface area contributed by atoms with E-state index in [1.807, 2.05) is 4.90 Å². The number of ether oxygens (including phenoxy) is 1. The zero-order chi connectivity index (χ0) is 18.1. The number of halogens is 2. The van der Waals surface area contributed by atoms with Crippen LogP contribution in [-0.4, -0.2) is 51.9 Å². The van der Waals surface area contributed by atoms with Crippen LogP contribution in [0.2, 0.25) is 10.0 Å². The molecule has 1 saturated heterocycles. The lowest BCUT2D eigenvalue weighted by atomic mass is 10.00. The molecule has 2 heterocycles. The van der Waals surface area contributed by atoms with Gasteiger partial charge in [0.1, 0.15) is 0 Å². The summed E-state index contributed by atoms with van der Waals surface area (Å²) in [5, 5.41) is 14.0. The lowest BCUT2D eigenvalue weighted by molar-refractivity contribution is -0.147. The number of methoxy groups -OCH3 is 1. The SMILES string of the molecule is COC(=O)c1nn(-c2ccc(Cl)c(Cl)c2)cc1CN1CC(C(=O)O)C1. The van der Waals surface area contributed by atoms with Crippen molar-refractivity contribution in [3.63, 3.8) is 0 Å². The smallest absolute Gasteiger partial charge is 0.358 e. The Morgan fingerprint density at radius 2 is 2.04 bits per heavy atom. The first-order valence-corrected chi connectivity index (χ1v) is 8.22. The summed E-state index contributed by atoms with van der Waals surface area (Å²) >= 11 is 12.0. The van der Waals surface area contributed by atoms with Gasteiger partial charge < -0.3 is 9.84 Å². The van der Waals surface area contributed by atoms with Crippen molar-refractivity contribution in [1.29, 1.82) is 0 Å². The van der Waals surface area contributed by atoms with Crippen LogP contribution in [0.25, 0.3) is 5.69 Å². The highest BCUT2D eigenvalue weighted by Crippen LogP contribution is 2.26. The predicted molar refractivity (Wildman–Crippen MR) is 91.3 cm³/mol. The maximum atomic E-state index is 12.0. The summed E-state index contributed by atoms with van der Waals surface area (Å²) in [6.07, 6.45) is 1.71. The Morgan fingerprint density at radius 3 is 2.64 bits per heavy atom. The molecule has 1 N–H and O–H groups in total. The molecule has 0 bridgehead atoms. The topological polar surface area (TPSA) is 84.7 Å². The van der Waals surface area contributed by atoms with Crippen molar-refractivity contribution in [3.05, 3.63) is 45.7 Å². The molecule has 0 atom stereocenters. The van der Waals surface area contributed by atoms with E-state index in [2.05, 4.69) is 5.10 Å². The molecule has 1 aromatic heterocycles. The molecule has 0 spiro atoms. The van der Waals surface area contributed by atoms with Gasteiger partial charge in [-0.3, -0.25) is 9.69 Å². The third-order valence-corrected chi connectivity index (χ3v) is 4.78. The van der Waals surface area contributed by atoms with Crippen LogP contribution in [-0.2, 0) is 16.1 Å². The summed E-state index contributed by atoms with van der Waals surface area (Å²) in [4.78, 5) is 24.8. The number of carbonyl (C=O) groups is 2. The van der Waals surface area contributed by atoms with Gasteiger partial charge in [-0.25, -0.2) is 9.48 Å². The maximum absolute atomic E-state index is 12.0. The zero-order valence-corrected chi connectivity index (χ0v) is 14.8. The van der Waals surface area contributed by atoms with Gasteiger partial charge >= 0.3 is 11.9 Å². The van der Waals surface area contributed by atoms with Crippen LogP contribution in [0.15, 0.2) is 24.4 Å². The summed E-state index contributed by atoms with van der Waals surface area (Å²) in [6, 6.07) is 5.02. The fourth-order valence-electron chi connectivity index (χ4n) is 2.65. The number of hydrogen-bond acceptors (Lipinski definition) is 5. The van der Waals surface area contributed by atoms with E-state index < -0.39 is 11.9 Å². The van der Waals surface area contributed by atoms with Crippen LogP contribution in [0.5, 0.6) is 0 Å². The first kappa shape index (κ1) is 17.7. The molecule has 7 nitrogen and oxygen atoms in total. The van der Waals surface area contributed by atoms with Gasteiger partial charge in [0.2, 0.25) is 0 Å². The molecular weight excluding hydrogens is 369 g/mol. The van der Waals surface area contributed by atoms with Crippen molar-refractivity contribution in [2.45, 2.75) is 6.54 Å². The lowest BCUT2D eigenvalue weighted by Gasteiger charge is -2.36. The van der Waals surface area contributed by atoms with E-state index in [1.165, 1.54) is 11.8 Å². The molecule has 1 fully saturated rings. The predicted octanol–water partition coefficient (Wildman–Crippen LogP) is 2.48. The number of hydrogen-bond donors (Lipinski definition) is 1. The number of aliphatic carboxylic acids is 1. The molecule has 9 heteroatoms. The Morgan fingerprint density at radius 1 is 1.32 bits per heavy atom. The molecule has 0 saturated carbocycles. The van der Waals surface area contributed by atoms with Crippen LogP contribution in [0.1, 0.15) is 16.1 Å². The van der Waals surface area contributed by atoms with Crippen molar-refractivity contribution in [1.82, 2.24) is 14.7 Å². The lowest BCUT2D eigenvalue weighted by Crippen LogP contribution is -2.49. The Hall–Kier alpha value is -2.09. The molecule has 1 aromatic carbocycles. The number of carbonyl (C=O) groups excluding carboxylic acids is 1. The quantitative estimate of drug-likeness (QED) is 0.798. The summed E-state index contributed by atoms with van der Waals surface area (Å²) < 4.78 is 6.31. The summed E-state index contributed by atoms with van der Waals surface area (Å²) in [6.45, 7) is 1.29. The van der Waals surface area contributed by atoms with Gasteiger partial charge in [0.15, 0.2) is 5.69 Å². The number of nitrogens with zero attached hydrogens (tertiary/aromatic N) is 3. The highest BCUT2D eigenvalue weighted by atomic mass is 35.5. The number of esters is 1. The maximum Gasteiger partial charge on any atom is 0.358 e. The number of rotatable bonds is 5. The minimum Gasteiger partial charge on any atom is -0.481 e. The van der Waals surface area contributed by atoms with E-state index in [0.29, 0.717) is 40.9 Å². The molecule has 1 aliphatic heterocycles. The molecule has 1 aliphatic rings. The van der Waals surface area contributed by atoms with E-state index in [-0.39, 0.29) is 11.6 Å². The second-order valence-electron chi connectivity index (χ2n) is 5.77. The van der Waals surface area contributed by atoms with E-state index >= 15 is 0 Å². The normalized spacial score (nSPS) is 15.0. The highest BCUT2D eigenvalue weighted by molar-refractivity contribution is 6.42. The van der Waals surface area contributed by atoms with E-state index in [0.717, 1.165) is 0 Å². The van der Waals surface area contributed by atoms with Crippen LogP contribution in [0, 0.1) is 5.92 Å². The van der Waals surface area contributed by atoms with Gasteiger partial charge in [-0.1, -0.05) is 23.2 Å². The second kappa shape index (κ2) is 7.03. The Labute approximate surface area is 153 Å². The number of likely N-dealkylation sites (tertiary alicyclic amines) is 1. The summed E-state index contributed by atoms with van der Waals surface area (Å²) in [5.41, 5.74) is 1.49. The van der Waals surface area contributed by atoms with E-state index in [1.54, 1.807) is 24.4 Å². The fraction of sp³-hybridized carbons (Fsp3) is 0.312. The van der Waals surface area contributed by atoms with Crippen LogP contribution >= 0.6 is 23.2 Å². The second-order valence-corrected chi connectivity index (χ2v) is 6.58. The summed E-state index contributed by atoms with van der Waals surface area (Å²) in [7, 11) is 1.29. The average molecular weight is 384 g/mol. The minimum atomic E-state index is -0.809. The molecule has 3 rings (SSSR count). The highest BCUT2D eigenvalue weighted by Gasteiger charge is 2.33. The van der Waals surface area contributed by atoms with Crippen molar-refractivity contribution >= 4 is 35.1 Å². The van der Waals surface area contributed by atoms with Gasteiger partial charge in [0.05, 0.1) is 28.8 Å². The number of benzene rings is 1. The van der Waals surface area contributed by atoms with Crippen LogP contribution in [0.3, 0.4) is 0 Å². The Balaban J connectivity index is 1.86. The molecule has 0 aliphatic carbocycles. The average Bonchev–Trinajstić information content (AvgIpc) is 2.96. The largest absolute Gasteiger partial charge is 0.481 e. The third kappa shape index (κ3) is 3.63. The minimum absolute atomic E-state index is 0.187. The van der Waals surface area contributed by atoms with E-state index in [4.69, 9.17) is 33.0 Å². The van der Waals surface area contributed by atoms with Crippen LogP contribution in [0.4, 0.5) is 0 Å². The van der Waals surface area contributed by atoms with Gasteiger partial charge in [-0.2, -0.15) is 5.10 Å². The number of carboxylic acids is 1. The van der Waals surface area contributed by atoms with Crippen molar-refractivity contribution < 1.29 is 19.4 Å².